The molecule has 0 spiro atoms. The predicted octanol–water partition coefficient (Wildman–Crippen LogP) is 29.3. The summed E-state index contributed by atoms with van der Waals surface area (Å²) >= 11 is 0. The van der Waals surface area contributed by atoms with E-state index in [1.807, 2.05) is 261 Å². The monoisotopic (exact) mass is 1990 g/mol. The zero-order chi connectivity index (χ0) is 92.6. The normalized spacial score (nSPS) is 11.3. The first-order chi connectivity index (χ1) is 66.5. The number of phenols is 2. The molecule has 23 rings (SSSR count). The summed E-state index contributed by atoms with van der Waals surface area (Å²) in [6.45, 7) is 13.6. The van der Waals surface area contributed by atoms with E-state index in [9.17, 15) is 10.2 Å². The molecular weight excluding hydrogens is 1900 g/mol. The largest absolute Gasteiger partial charge is 2.00 e. The Labute approximate surface area is 855 Å². The van der Waals surface area contributed by atoms with Gasteiger partial charge < -0.3 is 30.0 Å². The first-order valence-corrected chi connectivity index (χ1v) is 45.5. The average Bonchev–Trinajstić information content (AvgIpc) is 1.47. The van der Waals surface area contributed by atoms with Crippen molar-refractivity contribution in [2.45, 2.75) is 65.2 Å². The number of aromatic nitrogens is 10. The van der Waals surface area contributed by atoms with Gasteiger partial charge in [0, 0.05) is 103 Å². The molecule has 12 aromatic carbocycles. The van der Waals surface area contributed by atoms with Gasteiger partial charge in [0.2, 0.25) is 0 Å². The maximum absolute atomic E-state index is 10.4. The van der Waals surface area contributed by atoms with Crippen molar-refractivity contribution in [1.29, 1.82) is 0 Å². The summed E-state index contributed by atoms with van der Waals surface area (Å²) in [6.07, 6.45) is 9.08. The van der Waals surface area contributed by atoms with E-state index in [1.54, 1.807) is 36.8 Å². The van der Waals surface area contributed by atoms with Crippen molar-refractivity contribution in [2.75, 3.05) is 9.80 Å². The van der Waals surface area contributed by atoms with Crippen LogP contribution in [0.2, 0.25) is 0 Å². The number of fused-ring (bicyclic) bond motifs is 9. The molecule has 0 fully saturated rings. The van der Waals surface area contributed by atoms with Crippen LogP contribution in [0.1, 0.15) is 63.8 Å². The second-order valence-corrected chi connectivity index (χ2v) is 35.4. The molecule has 0 atom stereocenters. The van der Waals surface area contributed by atoms with Crippen molar-refractivity contribution in [3.05, 3.63) is 460 Å². The molecule has 1 aliphatic rings. The molecule has 22 aromatic rings. The van der Waals surface area contributed by atoms with Gasteiger partial charge in [-0.05, 0) is 193 Å². The quantitative estimate of drug-likeness (QED) is 0.0731. The van der Waals surface area contributed by atoms with Crippen LogP contribution in [0.5, 0.6) is 11.5 Å². The third-order valence-electron chi connectivity index (χ3n) is 24.2. The van der Waals surface area contributed by atoms with Gasteiger partial charge in [-0.15, -0.1) is 130 Å². The van der Waals surface area contributed by atoms with E-state index in [1.165, 1.54) is 38.4 Å². The molecule has 2 N–H and O–H groups in total. The number of phenolic OH excluding ortho intramolecular Hbond substituents is 2. The predicted molar refractivity (Wildman–Crippen MR) is 552 cm³/mol. The van der Waals surface area contributed by atoms with E-state index in [4.69, 9.17) is 29.9 Å². The van der Waals surface area contributed by atoms with Gasteiger partial charge in [-0.25, -0.2) is 9.97 Å². The Morgan fingerprint density at radius 1 is 0.279 bits per heavy atom. The van der Waals surface area contributed by atoms with E-state index in [0.717, 1.165) is 176 Å². The van der Waals surface area contributed by atoms with Crippen LogP contribution in [-0.4, -0.2) is 50.1 Å². The third-order valence-corrected chi connectivity index (χ3v) is 24.2. The molecule has 18 heteroatoms. The first-order valence-electron chi connectivity index (χ1n) is 45.5. The number of aryl methyl sites for hydroxylation is 2. The van der Waals surface area contributed by atoms with Gasteiger partial charge in [0.05, 0.1) is 22.8 Å². The van der Waals surface area contributed by atoms with Crippen LogP contribution >= 0.6 is 0 Å². The topological polar surface area (TPSA) is 178 Å². The van der Waals surface area contributed by atoms with Gasteiger partial charge >= 0.3 is 33.0 Å². The number of para-hydroxylation sites is 6. The van der Waals surface area contributed by atoms with Gasteiger partial charge in [0.25, 0.3) is 0 Å². The minimum absolute atomic E-state index is 0. The molecule has 0 saturated carbocycles. The van der Waals surface area contributed by atoms with Crippen molar-refractivity contribution >= 4 is 78.0 Å². The molecule has 14 nitrogen and oxygen atoms in total. The van der Waals surface area contributed by atoms with Gasteiger partial charge in [0.1, 0.15) is 23.1 Å². The Morgan fingerprint density at radius 2 is 0.671 bits per heavy atom. The molecule has 0 saturated heterocycles. The zero-order valence-electron chi connectivity index (χ0n) is 77.2. The van der Waals surface area contributed by atoms with Crippen LogP contribution in [0.15, 0.2) is 413 Å². The third kappa shape index (κ3) is 21.3. The number of hydrogen-bond acceptors (Lipinski definition) is 12. The molecule has 10 aromatic heterocycles. The molecule has 1 aliphatic carbocycles. The Morgan fingerprint density at radius 3 is 1.20 bits per heavy atom. The Bertz CT molecular complexity index is 7980. The van der Waals surface area contributed by atoms with E-state index in [0.29, 0.717) is 11.3 Å². The number of benzene rings is 12. The Balaban J connectivity index is 0.000000134. The molecule has 0 bridgehead atoms. The van der Waals surface area contributed by atoms with Crippen molar-refractivity contribution in [3.8, 4) is 124 Å². The maximum Gasteiger partial charge on any atom is 2.00 e. The summed E-state index contributed by atoms with van der Waals surface area (Å²) < 4.78 is 0. The van der Waals surface area contributed by atoms with Crippen molar-refractivity contribution < 1.29 is 76.2 Å². The minimum atomic E-state index is -0.0173. The summed E-state index contributed by atoms with van der Waals surface area (Å²) in [5.41, 5.74) is 30.6. The maximum atomic E-state index is 10.4. The summed E-state index contributed by atoms with van der Waals surface area (Å²) in [7, 11) is 0. The Hall–Kier alpha value is -15.4. The summed E-state index contributed by atoms with van der Waals surface area (Å²) in [6, 6.07) is 143. The van der Waals surface area contributed by atoms with Crippen molar-refractivity contribution in [1.82, 2.24) is 49.8 Å². The number of rotatable bonds is 15. The van der Waals surface area contributed by atoms with Crippen LogP contribution in [0, 0.1) is 24.3 Å². The average molecular weight is 1990 g/mol. The first kappa shape index (κ1) is 97.7. The SMILES string of the molecule is CC(C)(C)c1ccc2[n-]c3c(-c4cccc(-c5[c-]c(-c6ccccn6)ccc5)n4)cc(C(C)(C)C)cc3c2c1.Oc1ccccc1-c1ccc2c(n1)-c1[c-]c(N(c3ccccc3)c3ccccn3)ccc1CC2.Oc1ccccc1-c1cccc(-c2[c-]c(N(c3ccccc3)c3ccccn3)ccc2)n1.[Ni+2].[Ni+2].[Ni].[Ni].[c-]1c(-c2ccccn2)cccc1-c1cccc(-c2cccc3c2[n-]c2ccccc23)n1. The standard InChI is InChI=1S/C36H33N3.C30H22N3O.C28H20N3O.C28H17N3.4Ni/c1-35(2,3)25-16-17-33-27(20-25)28-21-26(36(4,5)6)22-29(34(28)39-33)32-15-10-14-31(38-32)24-12-9-11-23(19-24)30-13-7-8-18-37-30;34-28-11-5-4-10-25(28)27-18-16-22-14-13-21-15-17-24(20-26(21)30(22)32-27)33(23-8-2-1-3-9-23)29-12-6-7-19-31-29;32-27-17-5-4-14-24(27)26-16-9-15-25(30-26)21-10-8-13-23(20-21)31(22-11-2-1-3-12-22)28-18-6-7-19-29-28;1-2-14-26-21(10-1)22-11-6-12-23(28(22)31-26)27-16-7-15-25(30-27)20-9-5-8-19(18-20)24-13-3-4-17-29-24;;;;/h7-18,20-22H,1-6H3;1-12,15-19,34H,13-14H2;1-19,32H;1-17H;;;;/q-2;2*-1;-2;;;2*+2. The fourth-order valence-corrected chi connectivity index (χ4v) is 17.2. The second-order valence-electron chi connectivity index (χ2n) is 35.4. The molecular formula is C122H92N12Ni4O2-2. The number of anilines is 6. The number of nitrogens with zero attached hydrogens (tertiary/aromatic N) is 12. The minimum Gasteiger partial charge on any atom is -0.656 e. The van der Waals surface area contributed by atoms with Crippen LogP contribution in [-0.2, 0) is 89.6 Å². The van der Waals surface area contributed by atoms with Crippen LogP contribution < -0.4 is 19.8 Å². The van der Waals surface area contributed by atoms with E-state index in [-0.39, 0.29) is 88.3 Å². The molecule has 694 valence electrons. The van der Waals surface area contributed by atoms with Gasteiger partial charge in [-0.1, -0.05) is 288 Å². The molecule has 140 heavy (non-hydrogen) atoms. The molecule has 0 radical (unpaired) electrons. The fraction of sp³-hybridized carbons (Fsp3) is 0.0820. The molecule has 0 aliphatic heterocycles. The number of hydrogen-bond donors (Lipinski definition) is 2. The van der Waals surface area contributed by atoms with Crippen molar-refractivity contribution in [2.24, 2.45) is 0 Å². The summed E-state index contributed by atoms with van der Waals surface area (Å²) in [4.78, 5) is 52.3. The second kappa shape index (κ2) is 43.5. The van der Waals surface area contributed by atoms with Crippen LogP contribution in [0.25, 0.3) is 156 Å². The molecule has 0 unspecified atom stereocenters. The summed E-state index contributed by atoms with van der Waals surface area (Å²) in [5.74, 6) is 2.08. The smallest absolute Gasteiger partial charge is 0.656 e. The number of pyridine rings is 8. The Kier molecular flexibility index (Phi) is 30.4. The zero-order valence-corrected chi connectivity index (χ0v) is 81.2. The van der Waals surface area contributed by atoms with Crippen molar-refractivity contribution in [3.63, 3.8) is 0 Å². The fourth-order valence-electron chi connectivity index (χ4n) is 17.2. The van der Waals surface area contributed by atoms with Gasteiger partial charge in [0.15, 0.2) is 0 Å². The van der Waals surface area contributed by atoms with E-state index >= 15 is 0 Å². The number of aromatic hydroxyl groups is 2. The summed E-state index contributed by atoms with van der Waals surface area (Å²) in [5, 5.41) is 25.3. The van der Waals surface area contributed by atoms with Gasteiger partial charge in [-0.3, -0.25) is 29.9 Å². The van der Waals surface area contributed by atoms with Crippen LogP contribution in [0.4, 0.5) is 34.4 Å². The molecule has 10 heterocycles. The van der Waals surface area contributed by atoms with Gasteiger partial charge in [-0.2, -0.15) is 0 Å². The molecule has 0 amide bonds. The van der Waals surface area contributed by atoms with E-state index < -0.39 is 0 Å². The van der Waals surface area contributed by atoms with Crippen LogP contribution in [0.3, 0.4) is 0 Å². The van der Waals surface area contributed by atoms with E-state index in [2.05, 4.69) is 211 Å².